The van der Waals surface area contributed by atoms with Gasteiger partial charge in [-0.1, -0.05) is 33.6 Å². The van der Waals surface area contributed by atoms with E-state index in [4.69, 9.17) is 11.6 Å². The Balaban J connectivity index is 2.38. The van der Waals surface area contributed by atoms with Gasteiger partial charge < -0.3 is 4.90 Å². The summed E-state index contributed by atoms with van der Waals surface area (Å²) in [6.07, 6.45) is 0.531. The van der Waals surface area contributed by atoms with E-state index in [0.717, 1.165) is 10.2 Å². The van der Waals surface area contributed by atoms with Crippen molar-refractivity contribution in [1.29, 1.82) is 0 Å². The van der Waals surface area contributed by atoms with Gasteiger partial charge in [-0.15, -0.1) is 0 Å². The fourth-order valence-corrected chi connectivity index (χ4v) is 2.75. The summed E-state index contributed by atoms with van der Waals surface area (Å²) >= 11 is 12.9. The van der Waals surface area contributed by atoms with Crippen molar-refractivity contribution in [2.75, 3.05) is 11.4 Å². The van der Waals surface area contributed by atoms with Crippen molar-refractivity contribution < 1.29 is 4.79 Å². The summed E-state index contributed by atoms with van der Waals surface area (Å²) in [6.45, 7) is 0.676. The number of halogens is 3. The molecule has 15 heavy (non-hydrogen) atoms. The van der Waals surface area contributed by atoms with Crippen molar-refractivity contribution in [3.05, 3.63) is 27.7 Å². The van der Waals surface area contributed by atoms with Crippen molar-refractivity contribution in [2.24, 2.45) is 0 Å². The third-order valence-corrected chi connectivity index (χ3v) is 4.20. The van der Waals surface area contributed by atoms with E-state index in [2.05, 4.69) is 31.9 Å². The fourth-order valence-electron chi connectivity index (χ4n) is 1.60. The number of rotatable bonds is 1. The second-order valence-corrected chi connectivity index (χ2v) is 5.91. The Hall–Kier alpha value is -0.0600. The van der Waals surface area contributed by atoms with Crippen LogP contribution < -0.4 is 4.90 Å². The molecule has 1 heterocycles. The Morgan fingerprint density at radius 1 is 1.47 bits per heavy atom. The number of benzene rings is 1. The zero-order valence-corrected chi connectivity index (χ0v) is 11.6. The van der Waals surface area contributed by atoms with Crippen LogP contribution in [0.1, 0.15) is 6.42 Å². The largest absolute Gasteiger partial charge is 0.310 e. The lowest BCUT2D eigenvalue weighted by atomic mass is 10.3. The molecule has 1 unspecified atom stereocenters. The molecule has 1 aliphatic rings. The first-order chi connectivity index (χ1) is 7.09. The molecular weight excluding hydrogens is 345 g/mol. The average Bonchev–Trinajstić information content (AvgIpc) is 2.50. The molecule has 1 saturated heterocycles. The predicted octanol–water partition coefficient (Wildman–Crippen LogP) is 3.60. The van der Waals surface area contributed by atoms with E-state index in [1.807, 2.05) is 18.2 Å². The van der Waals surface area contributed by atoms with Gasteiger partial charge in [-0.3, -0.25) is 4.79 Å². The molecule has 0 radical (unpaired) electrons. The molecule has 1 amide bonds. The van der Waals surface area contributed by atoms with Crippen LogP contribution in [0.3, 0.4) is 0 Å². The molecule has 1 atom stereocenters. The van der Waals surface area contributed by atoms with Gasteiger partial charge >= 0.3 is 0 Å². The van der Waals surface area contributed by atoms with Crippen LogP contribution in [0.15, 0.2) is 22.7 Å². The SMILES string of the molecule is O=C1CC(Br)CN1c1cccc(Br)c1Cl. The smallest absolute Gasteiger partial charge is 0.228 e. The first-order valence-corrected chi connectivity index (χ1v) is 6.56. The molecule has 80 valence electrons. The van der Waals surface area contributed by atoms with Crippen LogP contribution in [0.25, 0.3) is 0 Å². The van der Waals surface area contributed by atoms with Gasteiger partial charge in [0, 0.05) is 22.3 Å². The lowest BCUT2D eigenvalue weighted by molar-refractivity contribution is -0.117. The van der Waals surface area contributed by atoms with E-state index in [1.54, 1.807) is 4.90 Å². The number of carbonyl (C=O) groups excluding carboxylic acids is 1. The highest BCUT2D eigenvalue weighted by Crippen LogP contribution is 2.35. The molecule has 1 aromatic carbocycles. The molecule has 0 spiro atoms. The monoisotopic (exact) mass is 351 g/mol. The van der Waals surface area contributed by atoms with E-state index in [1.165, 1.54) is 0 Å². The van der Waals surface area contributed by atoms with Gasteiger partial charge in [0.1, 0.15) is 0 Å². The third-order valence-electron chi connectivity index (χ3n) is 2.30. The van der Waals surface area contributed by atoms with Gasteiger partial charge in [0.25, 0.3) is 0 Å². The Morgan fingerprint density at radius 2 is 2.20 bits per heavy atom. The molecule has 0 N–H and O–H groups in total. The Labute approximate surface area is 110 Å². The molecule has 1 aromatic rings. The lowest BCUT2D eigenvalue weighted by Crippen LogP contribution is -2.24. The standard InChI is InChI=1S/C10H8Br2ClNO/c11-6-4-9(15)14(5-6)8-3-1-2-7(12)10(8)13/h1-3,6H,4-5H2. The summed E-state index contributed by atoms with van der Waals surface area (Å²) in [4.78, 5) is 13.6. The molecule has 2 nitrogen and oxygen atoms in total. The maximum Gasteiger partial charge on any atom is 0.228 e. The molecule has 0 aromatic heterocycles. The van der Waals surface area contributed by atoms with Crippen LogP contribution in [-0.2, 0) is 4.79 Å². The molecule has 0 saturated carbocycles. The van der Waals surface area contributed by atoms with Crippen LogP contribution in [-0.4, -0.2) is 17.3 Å². The first kappa shape index (κ1) is 11.4. The zero-order valence-electron chi connectivity index (χ0n) is 7.71. The van der Waals surface area contributed by atoms with Gasteiger partial charge in [-0.2, -0.15) is 0 Å². The van der Waals surface area contributed by atoms with Crippen molar-refractivity contribution in [3.8, 4) is 0 Å². The van der Waals surface area contributed by atoms with Crippen LogP contribution in [0.4, 0.5) is 5.69 Å². The lowest BCUT2D eigenvalue weighted by Gasteiger charge is -2.17. The minimum absolute atomic E-state index is 0.108. The van der Waals surface area contributed by atoms with Gasteiger partial charge in [-0.05, 0) is 28.1 Å². The predicted molar refractivity (Wildman–Crippen MR) is 68.8 cm³/mol. The Bertz CT molecular complexity index is 410. The normalized spacial score (nSPS) is 21.1. The Kier molecular flexibility index (Phi) is 3.38. The summed E-state index contributed by atoms with van der Waals surface area (Å²) < 4.78 is 0.812. The second-order valence-electron chi connectivity index (χ2n) is 3.38. The van der Waals surface area contributed by atoms with Crippen molar-refractivity contribution in [1.82, 2.24) is 0 Å². The number of carbonyl (C=O) groups is 1. The van der Waals surface area contributed by atoms with Gasteiger partial charge in [-0.25, -0.2) is 0 Å². The maximum atomic E-state index is 11.7. The van der Waals surface area contributed by atoms with Crippen LogP contribution >= 0.6 is 43.5 Å². The number of hydrogen-bond acceptors (Lipinski definition) is 1. The van der Waals surface area contributed by atoms with Gasteiger partial charge in [0.05, 0.1) is 10.7 Å². The van der Waals surface area contributed by atoms with Gasteiger partial charge in [0.15, 0.2) is 0 Å². The quantitative estimate of drug-likeness (QED) is 0.707. The molecular formula is C10H8Br2ClNO. The summed E-state index contributed by atoms with van der Waals surface area (Å²) in [6, 6.07) is 5.59. The Morgan fingerprint density at radius 3 is 2.80 bits per heavy atom. The highest BCUT2D eigenvalue weighted by Gasteiger charge is 2.30. The average molecular weight is 353 g/mol. The summed E-state index contributed by atoms with van der Waals surface area (Å²) in [5.41, 5.74) is 0.776. The molecule has 1 aliphatic heterocycles. The van der Waals surface area contributed by atoms with Crippen LogP contribution in [0.5, 0.6) is 0 Å². The van der Waals surface area contributed by atoms with Crippen molar-refractivity contribution >= 4 is 55.1 Å². The third kappa shape index (κ3) is 2.22. The minimum Gasteiger partial charge on any atom is -0.310 e. The van der Waals surface area contributed by atoms with E-state index in [0.29, 0.717) is 18.0 Å². The number of anilines is 1. The number of amides is 1. The van der Waals surface area contributed by atoms with Crippen molar-refractivity contribution in [3.63, 3.8) is 0 Å². The topological polar surface area (TPSA) is 20.3 Å². The van der Waals surface area contributed by atoms with Crippen LogP contribution in [0.2, 0.25) is 5.02 Å². The molecule has 2 rings (SSSR count). The molecule has 0 aliphatic carbocycles. The summed E-state index contributed by atoms with van der Waals surface area (Å²) in [5.74, 6) is 0.108. The van der Waals surface area contributed by atoms with E-state index < -0.39 is 0 Å². The molecule has 5 heteroatoms. The first-order valence-electron chi connectivity index (χ1n) is 4.48. The second kappa shape index (κ2) is 4.44. The highest BCUT2D eigenvalue weighted by atomic mass is 79.9. The van der Waals surface area contributed by atoms with Crippen molar-refractivity contribution in [2.45, 2.75) is 11.2 Å². The number of nitrogens with zero attached hydrogens (tertiary/aromatic N) is 1. The highest BCUT2D eigenvalue weighted by molar-refractivity contribution is 9.10. The number of alkyl halides is 1. The van der Waals surface area contributed by atoms with E-state index in [9.17, 15) is 4.79 Å². The summed E-state index contributed by atoms with van der Waals surface area (Å²) in [7, 11) is 0. The molecule has 0 bridgehead atoms. The van der Waals surface area contributed by atoms with Gasteiger partial charge in [0.2, 0.25) is 5.91 Å². The maximum absolute atomic E-state index is 11.7. The van der Waals surface area contributed by atoms with Crippen LogP contribution in [0, 0.1) is 0 Å². The minimum atomic E-state index is 0.108. The summed E-state index contributed by atoms with van der Waals surface area (Å²) in [5, 5.41) is 0.590. The number of hydrogen-bond donors (Lipinski definition) is 0. The zero-order chi connectivity index (χ0) is 11.0. The fraction of sp³-hybridized carbons (Fsp3) is 0.300. The van der Waals surface area contributed by atoms with E-state index in [-0.39, 0.29) is 10.7 Å². The molecule has 1 fully saturated rings. The van der Waals surface area contributed by atoms with E-state index >= 15 is 0 Å².